The predicted molar refractivity (Wildman–Crippen MR) is 73.2 cm³/mol. The maximum atomic E-state index is 5.59. The molecule has 80 valence electrons. The molecule has 1 atom stereocenters. The zero-order chi connectivity index (χ0) is 10.8. The van der Waals surface area contributed by atoms with E-state index in [0.717, 1.165) is 8.26 Å². The molecule has 0 saturated carbocycles. The van der Waals surface area contributed by atoms with Gasteiger partial charge in [-0.3, -0.25) is 5.84 Å². The average molecular weight is 368 g/mol. The van der Waals surface area contributed by atoms with Crippen LogP contribution in [0.5, 0.6) is 0 Å². The number of hydrogen-bond acceptors (Lipinski definition) is 4. The molecule has 0 radical (unpaired) electrons. The Labute approximate surface area is 113 Å². The standard InChI is InChI=1S/C9H8Br2N2S2/c10-5-4-7(15-9(5)11)8(13-12)6-2-1-3-14-6/h1-4,8,13H,12H2. The highest BCUT2D eigenvalue weighted by molar-refractivity contribution is 9.13. The fraction of sp³-hybridized carbons (Fsp3) is 0.111. The lowest BCUT2D eigenvalue weighted by atomic mass is 10.2. The molecular weight excluding hydrogens is 360 g/mol. The molecule has 0 fully saturated rings. The van der Waals surface area contributed by atoms with Crippen molar-refractivity contribution in [1.29, 1.82) is 0 Å². The van der Waals surface area contributed by atoms with E-state index in [0.29, 0.717) is 0 Å². The van der Waals surface area contributed by atoms with E-state index >= 15 is 0 Å². The molecule has 1 unspecified atom stereocenters. The molecule has 0 aromatic carbocycles. The van der Waals surface area contributed by atoms with Crippen LogP contribution >= 0.6 is 54.5 Å². The van der Waals surface area contributed by atoms with Gasteiger partial charge in [0, 0.05) is 14.2 Å². The minimum Gasteiger partial charge on any atom is -0.271 e. The van der Waals surface area contributed by atoms with Gasteiger partial charge in [-0.25, -0.2) is 5.43 Å². The Morgan fingerprint density at radius 3 is 2.60 bits per heavy atom. The lowest BCUT2D eigenvalue weighted by molar-refractivity contribution is 0.656. The van der Waals surface area contributed by atoms with Crippen molar-refractivity contribution >= 4 is 54.5 Å². The third-order valence-electron chi connectivity index (χ3n) is 1.94. The first kappa shape index (κ1) is 11.8. The Hall–Kier alpha value is 0.280. The predicted octanol–water partition coefficient (Wildman–Crippen LogP) is 3.89. The van der Waals surface area contributed by atoms with Crippen LogP contribution < -0.4 is 11.3 Å². The number of hydrazine groups is 1. The van der Waals surface area contributed by atoms with Crippen molar-refractivity contribution in [3.8, 4) is 0 Å². The fourth-order valence-electron chi connectivity index (χ4n) is 1.27. The van der Waals surface area contributed by atoms with Gasteiger partial charge < -0.3 is 0 Å². The third kappa shape index (κ3) is 2.51. The van der Waals surface area contributed by atoms with Crippen molar-refractivity contribution in [3.63, 3.8) is 0 Å². The first-order valence-electron chi connectivity index (χ1n) is 4.16. The monoisotopic (exact) mass is 366 g/mol. The quantitative estimate of drug-likeness (QED) is 0.638. The van der Waals surface area contributed by atoms with Crippen LogP contribution in [-0.4, -0.2) is 0 Å². The zero-order valence-corrected chi connectivity index (χ0v) is 12.3. The molecule has 15 heavy (non-hydrogen) atoms. The number of halogens is 2. The van der Waals surface area contributed by atoms with Crippen molar-refractivity contribution in [3.05, 3.63) is 41.6 Å². The van der Waals surface area contributed by atoms with Gasteiger partial charge in [-0.15, -0.1) is 22.7 Å². The van der Waals surface area contributed by atoms with Gasteiger partial charge in [-0.1, -0.05) is 6.07 Å². The number of hydrogen-bond donors (Lipinski definition) is 2. The SMILES string of the molecule is NNC(c1cccs1)c1cc(Br)c(Br)s1. The number of thiophene rings is 2. The highest BCUT2D eigenvalue weighted by atomic mass is 79.9. The Kier molecular flexibility index (Phi) is 3.98. The molecule has 0 bridgehead atoms. The summed E-state index contributed by atoms with van der Waals surface area (Å²) in [6.45, 7) is 0. The minimum atomic E-state index is 0.0811. The average Bonchev–Trinajstić information content (AvgIpc) is 2.80. The summed E-state index contributed by atoms with van der Waals surface area (Å²) in [4.78, 5) is 2.41. The molecule has 2 rings (SSSR count). The van der Waals surface area contributed by atoms with Gasteiger partial charge in [0.25, 0.3) is 0 Å². The van der Waals surface area contributed by atoms with Gasteiger partial charge >= 0.3 is 0 Å². The summed E-state index contributed by atoms with van der Waals surface area (Å²) < 4.78 is 2.16. The number of nitrogens with two attached hydrogens (primary N) is 1. The topological polar surface area (TPSA) is 38.0 Å². The molecule has 0 aliphatic carbocycles. The van der Waals surface area contributed by atoms with Gasteiger partial charge in [0.1, 0.15) is 0 Å². The Balaban J connectivity index is 2.35. The molecule has 0 aliphatic heterocycles. The van der Waals surface area contributed by atoms with Gasteiger partial charge in [0.05, 0.1) is 9.83 Å². The molecular formula is C9H8Br2N2S2. The third-order valence-corrected chi connectivity index (χ3v) is 6.20. The van der Waals surface area contributed by atoms with Crippen LogP contribution in [0.25, 0.3) is 0 Å². The van der Waals surface area contributed by atoms with Crippen molar-refractivity contribution in [2.75, 3.05) is 0 Å². The lowest BCUT2D eigenvalue weighted by Gasteiger charge is -2.11. The van der Waals surface area contributed by atoms with Crippen LogP contribution in [0.2, 0.25) is 0 Å². The van der Waals surface area contributed by atoms with Crippen LogP contribution in [0.4, 0.5) is 0 Å². The van der Waals surface area contributed by atoms with E-state index in [1.54, 1.807) is 22.7 Å². The number of rotatable bonds is 3. The molecule has 0 saturated heterocycles. The Morgan fingerprint density at radius 2 is 2.13 bits per heavy atom. The van der Waals surface area contributed by atoms with E-state index < -0.39 is 0 Å². The maximum absolute atomic E-state index is 5.59. The van der Waals surface area contributed by atoms with Gasteiger partial charge in [-0.2, -0.15) is 0 Å². The van der Waals surface area contributed by atoms with Gasteiger partial charge in [-0.05, 0) is 49.4 Å². The van der Waals surface area contributed by atoms with Crippen molar-refractivity contribution in [2.45, 2.75) is 6.04 Å². The van der Waals surface area contributed by atoms with Crippen LogP contribution in [-0.2, 0) is 0 Å². The second-order valence-electron chi connectivity index (χ2n) is 2.89. The van der Waals surface area contributed by atoms with Crippen molar-refractivity contribution in [2.24, 2.45) is 5.84 Å². The lowest BCUT2D eigenvalue weighted by Crippen LogP contribution is -2.27. The zero-order valence-electron chi connectivity index (χ0n) is 7.54. The normalized spacial score (nSPS) is 13.0. The van der Waals surface area contributed by atoms with Crippen molar-refractivity contribution < 1.29 is 0 Å². The summed E-state index contributed by atoms with van der Waals surface area (Å²) in [6.07, 6.45) is 0. The summed E-state index contributed by atoms with van der Waals surface area (Å²) in [6, 6.07) is 6.27. The first-order chi connectivity index (χ1) is 7.22. The first-order valence-corrected chi connectivity index (χ1v) is 7.45. The second kappa shape index (κ2) is 5.07. The van der Waals surface area contributed by atoms with Crippen LogP contribution in [0.3, 0.4) is 0 Å². The molecule has 0 aliphatic rings. The second-order valence-corrected chi connectivity index (χ2v) is 7.12. The summed E-state index contributed by atoms with van der Waals surface area (Å²) in [5.41, 5.74) is 2.84. The largest absolute Gasteiger partial charge is 0.271 e. The van der Waals surface area contributed by atoms with E-state index in [-0.39, 0.29) is 6.04 Å². The van der Waals surface area contributed by atoms with Crippen LogP contribution in [0.15, 0.2) is 31.8 Å². The van der Waals surface area contributed by atoms with Gasteiger partial charge in [0.2, 0.25) is 0 Å². The Bertz CT molecular complexity index is 419. The minimum absolute atomic E-state index is 0.0811. The van der Waals surface area contributed by atoms with E-state index in [4.69, 9.17) is 5.84 Å². The molecule has 2 nitrogen and oxygen atoms in total. The summed E-state index contributed by atoms with van der Waals surface area (Å²) in [7, 11) is 0. The van der Waals surface area contributed by atoms with Crippen LogP contribution in [0.1, 0.15) is 15.8 Å². The van der Waals surface area contributed by atoms with E-state index in [2.05, 4.69) is 54.8 Å². The van der Waals surface area contributed by atoms with Crippen LogP contribution in [0, 0.1) is 0 Å². The van der Waals surface area contributed by atoms with Gasteiger partial charge in [0.15, 0.2) is 0 Å². The Morgan fingerprint density at radius 1 is 1.33 bits per heavy atom. The van der Waals surface area contributed by atoms with E-state index in [9.17, 15) is 0 Å². The summed E-state index contributed by atoms with van der Waals surface area (Å²) in [5, 5.41) is 2.05. The molecule has 2 aromatic heterocycles. The summed E-state index contributed by atoms with van der Waals surface area (Å²) >= 11 is 10.3. The van der Waals surface area contributed by atoms with Crippen molar-refractivity contribution in [1.82, 2.24) is 5.43 Å². The fourth-order valence-corrected chi connectivity index (χ4v) is 4.31. The highest BCUT2D eigenvalue weighted by Crippen LogP contribution is 2.38. The maximum Gasteiger partial charge on any atom is 0.0895 e. The highest BCUT2D eigenvalue weighted by Gasteiger charge is 2.17. The molecule has 6 heteroatoms. The molecule has 2 heterocycles. The number of nitrogens with one attached hydrogen (secondary N) is 1. The molecule has 2 aromatic rings. The summed E-state index contributed by atoms with van der Waals surface area (Å²) in [5.74, 6) is 5.59. The molecule has 0 spiro atoms. The van der Waals surface area contributed by atoms with E-state index in [1.165, 1.54) is 9.75 Å². The van der Waals surface area contributed by atoms with E-state index in [1.807, 2.05) is 6.07 Å². The molecule has 3 N–H and O–H groups in total. The molecule has 0 amide bonds. The smallest absolute Gasteiger partial charge is 0.0895 e.